The molecule has 0 amide bonds. The lowest BCUT2D eigenvalue weighted by Crippen LogP contribution is -2.32. The first-order chi connectivity index (χ1) is 17.5. The number of carbonyl (C=O) groups is 1. The van der Waals surface area contributed by atoms with E-state index >= 15 is 4.39 Å². The molecule has 6 nitrogen and oxygen atoms in total. The minimum absolute atomic E-state index is 0.214. The fourth-order valence-electron chi connectivity index (χ4n) is 5.32. The highest BCUT2D eigenvalue weighted by Gasteiger charge is 2.36. The van der Waals surface area contributed by atoms with Gasteiger partial charge in [-0.25, -0.2) is 14.2 Å². The van der Waals surface area contributed by atoms with Gasteiger partial charge in [0.2, 0.25) is 0 Å². The molecule has 0 spiro atoms. The summed E-state index contributed by atoms with van der Waals surface area (Å²) in [5.41, 5.74) is 4.81. The van der Waals surface area contributed by atoms with Crippen molar-refractivity contribution in [2.24, 2.45) is 0 Å². The molecule has 4 aromatic rings. The summed E-state index contributed by atoms with van der Waals surface area (Å²) < 4.78 is 23.4. The molecule has 2 aromatic heterocycles. The van der Waals surface area contributed by atoms with Crippen molar-refractivity contribution in [1.82, 2.24) is 9.55 Å². The Hall–Kier alpha value is -3.42. The summed E-state index contributed by atoms with van der Waals surface area (Å²) in [7, 11) is 0. The van der Waals surface area contributed by atoms with E-state index in [4.69, 9.17) is 16.3 Å². The lowest BCUT2D eigenvalue weighted by atomic mass is 9.87. The van der Waals surface area contributed by atoms with E-state index in [9.17, 15) is 9.90 Å². The lowest BCUT2D eigenvalue weighted by molar-refractivity contribution is -0.160. The van der Waals surface area contributed by atoms with Crippen molar-refractivity contribution in [3.05, 3.63) is 76.3 Å². The van der Waals surface area contributed by atoms with Gasteiger partial charge in [-0.05, 0) is 81.6 Å². The topological polar surface area (TPSA) is 67.6 Å². The average molecular weight is 522 g/mol. The van der Waals surface area contributed by atoms with E-state index in [1.54, 1.807) is 24.4 Å². The number of ether oxygens (including phenoxy) is 1. The summed E-state index contributed by atoms with van der Waals surface area (Å²) in [5.74, 6) is -1.32. The van der Waals surface area contributed by atoms with Crippen LogP contribution in [0.5, 0.6) is 0 Å². The molecular weight excluding hydrogens is 493 g/mol. The zero-order valence-electron chi connectivity index (χ0n) is 21.5. The Balaban J connectivity index is 1.93. The van der Waals surface area contributed by atoms with Gasteiger partial charge in [0.25, 0.3) is 0 Å². The lowest BCUT2D eigenvalue weighted by Gasteiger charge is -2.35. The van der Waals surface area contributed by atoms with E-state index in [1.807, 2.05) is 51.7 Å². The predicted molar refractivity (Wildman–Crippen MR) is 144 cm³/mol. The van der Waals surface area contributed by atoms with Gasteiger partial charge in [-0.2, -0.15) is 0 Å². The van der Waals surface area contributed by atoms with Crippen molar-refractivity contribution < 1.29 is 19.0 Å². The second-order valence-electron chi connectivity index (χ2n) is 10.4. The Labute approximate surface area is 220 Å². The van der Waals surface area contributed by atoms with Gasteiger partial charge >= 0.3 is 5.97 Å². The van der Waals surface area contributed by atoms with E-state index in [0.717, 1.165) is 33.4 Å². The monoisotopic (exact) mass is 521 g/mol. The number of halogens is 2. The third-order valence-electron chi connectivity index (χ3n) is 6.73. The maximum atomic E-state index is 15.0. The standard InChI is InChI=1S/C29H29ClFN3O3/c1-16-15-20-23(18-8-10-19(30)11-9-18)22(26(28(35)36)37-29(3,4)5)17(2)24-25(20)33(16)13-14-34(24)27-21(31)7-6-12-32-27/h6-12,15,26H,13-14H2,1-5H3,(H,35,36)/t26-/m0/s1. The van der Waals surface area contributed by atoms with Crippen LogP contribution < -0.4 is 4.90 Å². The van der Waals surface area contributed by atoms with Gasteiger partial charge in [-0.15, -0.1) is 0 Å². The third-order valence-corrected chi connectivity index (χ3v) is 6.98. The maximum absolute atomic E-state index is 15.0. The molecule has 37 heavy (non-hydrogen) atoms. The van der Waals surface area contributed by atoms with Crippen molar-refractivity contribution in [2.45, 2.75) is 52.9 Å². The zero-order valence-corrected chi connectivity index (χ0v) is 22.2. The molecule has 3 heterocycles. The Kier molecular flexibility index (Phi) is 6.24. The zero-order chi connectivity index (χ0) is 26.6. The van der Waals surface area contributed by atoms with Crippen LogP contribution in [0.1, 0.15) is 43.7 Å². The van der Waals surface area contributed by atoms with Crippen LogP contribution >= 0.6 is 11.6 Å². The molecule has 0 saturated carbocycles. The van der Waals surface area contributed by atoms with Gasteiger partial charge in [0.05, 0.1) is 16.8 Å². The van der Waals surface area contributed by atoms with Gasteiger partial charge in [0, 0.05) is 41.0 Å². The van der Waals surface area contributed by atoms with Gasteiger partial charge in [0.15, 0.2) is 17.7 Å². The number of rotatable bonds is 5. The number of aromatic nitrogens is 2. The molecule has 1 atom stereocenters. The minimum atomic E-state index is -1.26. The van der Waals surface area contributed by atoms with E-state index < -0.39 is 23.5 Å². The third kappa shape index (κ3) is 4.36. The van der Waals surface area contributed by atoms with Crippen molar-refractivity contribution in [3.63, 3.8) is 0 Å². The molecule has 0 unspecified atom stereocenters. The fraction of sp³-hybridized carbons (Fsp3) is 0.310. The Morgan fingerprint density at radius 2 is 1.86 bits per heavy atom. The number of pyridine rings is 1. The molecule has 0 saturated heterocycles. The highest BCUT2D eigenvalue weighted by molar-refractivity contribution is 6.30. The van der Waals surface area contributed by atoms with Crippen molar-refractivity contribution in [1.29, 1.82) is 0 Å². The van der Waals surface area contributed by atoms with Gasteiger partial charge in [0.1, 0.15) is 0 Å². The number of hydrogen-bond acceptors (Lipinski definition) is 4. The van der Waals surface area contributed by atoms with Crippen LogP contribution in [0.4, 0.5) is 15.9 Å². The number of hydrogen-bond donors (Lipinski definition) is 1. The first-order valence-electron chi connectivity index (χ1n) is 12.2. The van der Waals surface area contributed by atoms with E-state index in [2.05, 4.69) is 15.6 Å². The Bertz CT molecular complexity index is 1520. The molecule has 2 aromatic carbocycles. The van der Waals surface area contributed by atoms with Crippen molar-refractivity contribution >= 4 is 40.0 Å². The molecule has 0 radical (unpaired) electrons. The van der Waals surface area contributed by atoms with Crippen LogP contribution in [0.25, 0.3) is 22.0 Å². The first kappa shape index (κ1) is 25.2. The van der Waals surface area contributed by atoms with Crippen LogP contribution in [0, 0.1) is 19.7 Å². The van der Waals surface area contributed by atoms with E-state index in [-0.39, 0.29) is 5.82 Å². The average Bonchev–Trinajstić information content (AvgIpc) is 3.16. The van der Waals surface area contributed by atoms with Gasteiger partial charge in [-0.3, -0.25) is 0 Å². The molecule has 0 fully saturated rings. The van der Waals surface area contributed by atoms with Crippen molar-refractivity contribution in [3.8, 4) is 11.1 Å². The van der Waals surface area contributed by atoms with E-state index in [1.165, 1.54) is 6.07 Å². The predicted octanol–water partition coefficient (Wildman–Crippen LogP) is 7.21. The summed E-state index contributed by atoms with van der Waals surface area (Å²) in [6.45, 7) is 10.5. The number of carboxylic acids is 1. The van der Waals surface area contributed by atoms with Gasteiger partial charge < -0.3 is 19.3 Å². The number of anilines is 2. The number of aryl methyl sites for hydroxylation is 1. The fourth-order valence-corrected chi connectivity index (χ4v) is 5.45. The van der Waals surface area contributed by atoms with Crippen molar-refractivity contribution in [2.75, 3.05) is 11.4 Å². The molecule has 8 heteroatoms. The number of aliphatic carboxylic acids is 1. The summed E-state index contributed by atoms with van der Waals surface area (Å²) in [5, 5.41) is 11.9. The molecule has 1 aliphatic rings. The van der Waals surface area contributed by atoms with Crippen LogP contribution in [0.15, 0.2) is 48.7 Å². The second-order valence-corrected chi connectivity index (χ2v) is 10.8. The van der Waals surface area contributed by atoms with E-state index in [0.29, 0.717) is 29.2 Å². The molecule has 1 N–H and O–H groups in total. The normalized spacial score (nSPS) is 14.3. The first-order valence-corrected chi connectivity index (χ1v) is 12.6. The quantitative estimate of drug-likeness (QED) is 0.300. The van der Waals surface area contributed by atoms with Crippen LogP contribution in [-0.2, 0) is 16.1 Å². The number of carboxylic acid groups (broad SMARTS) is 1. The SMILES string of the molecule is Cc1c([C@H](OC(C)(C)C)C(=O)O)c(-c2ccc(Cl)cc2)c2cc(C)n3c2c1N(c1ncccc1F)CC3. The maximum Gasteiger partial charge on any atom is 0.337 e. The summed E-state index contributed by atoms with van der Waals surface area (Å²) in [4.78, 5) is 19.0. The Morgan fingerprint density at radius 3 is 2.49 bits per heavy atom. The van der Waals surface area contributed by atoms with Crippen LogP contribution in [0.3, 0.4) is 0 Å². The minimum Gasteiger partial charge on any atom is -0.479 e. The molecule has 0 bridgehead atoms. The van der Waals surface area contributed by atoms with Crippen LogP contribution in [0.2, 0.25) is 5.02 Å². The molecule has 5 rings (SSSR count). The van der Waals surface area contributed by atoms with Crippen LogP contribution in [-0.4, -0.2) is 32.8 Å². The number of benzene rings is 2. The summed E-state index contributed by atoms with van der Waals surface area (Å²) in [6, 6.07) is 12.4. The summed E-state index contributed by atoms with van der Waals surface area (Å²) >= 11 is 6.20. The molecular formula is C29H29ClFN3O3. The van der Waals surface area contributed by atoms with Gasteiger partial charge in [-0.1, -0.05) is 23.7 Å². The largest absolute Gasteiger partial charge is 0.479 e. The molecule has 0 aliphatic carbocycles. The Morgan fingerprint density at radius 1 is 1.16 bits per heavy atom. The highest BCUT2D eigenvalue weighted by Crippen LogP contribution is 2.49. The smallest absolute Gasteiger partial charge is 0.337 e. The summed E-state index contributed by atoms with van der Waals surface area (Å²) in [6.07, 6.45) is 0.308. The number of nitrogens with zero attached hydrogens (tertiary/aromatic N) is 3. The second kappa shape index (κ2) is 9.15. The molecule has 1 aliphatic heterocycles. The molecule has 192 valence electrons. The highest BCUT2D eigenvalue weighted by atomic mass is 35.5.